The van der Waals surface area contributed by atoms with Gasteiger partial charge in [-0.3, -0.25) is 0 Å². The molecule has 2 rings (SSSR count). The fraction of sp³-hybridized carbons (Fsp3) is 0.333. The molecular formula is C18H23N2. The summed E-state index contributed by atoms with van der Waals surface area (Å²) >= 11 is 0. The normalized spacial score (nSPS) is 10.5. The van der Waals surface area contributed by atoms with E-state index in [4.69, 9.17) is 5.73 Å². The van der Waals surface area contributed by atoms with Crippen molar-refractivity contribution in [1.82, 2.24) is 0 Å². The molecule has 0 bridgehead atoms. The number of benzene rings is 2. The Hall–Kier alpha value is -1.80. The van der Waals surface area contributed by atoms with Crippen LogP contribution in [-0.2, 0) is 12.8 Å². The molecule has 0 aliphatic carbocycles. The minimum absolute atomic E-state index is 0.695. The minimum Gasteiger partial charge on any atom is -0.371 e. The van der Waals surface area contributed by atoms with E-state index in [0.717, 1.165) is 25.9 Å². The van der Waals surface area contributed by atoms with Crippen molar-refractivity contribution in [3.63, 3.8) is 0 Å². The van der Waals surface area contributed by atoms with Crippen LogP contribution in [-0.4, -0.2) is 19.6 Å². The highest BCUT2D eigenvalue weighted by molar-refractivity contribution is 5.47. The molecule has 0 aliphatic rings. The molecule has 2 aromatic carbocycles. The lowest BCUT2D eigenvalue weighted by Gasteiger charge is -2.22. The SMILES string of the molecule is CCN(CCN)c1ccc(CCc2c[c]ccc2)cc1. The van der Waals surface area contributed by atoms with Crippen LogP contribution in [0.5, 0.6) is 0 Å². The van der Waals surface area contributed by atoms with Crippen LogP contribution in [0.1, 0.15) is 18.1 Å². The number of nitrogens with two attached hydrogens (primary N) is 1. The predicted molar refractivity (Wildman–Crippen MR) is 86.1 cm³/mol. The molecule has 2 N–H and O–H groups in total. The smallest absolute Gasteiger partial charge is 0.0366 e. The largest absolute Gasteiger partial charge is 0.371 e. The molecule has 0 spiro atoms. The lowest BCUT2D eigenvalue weighted by Crippen LogP contribution is -2.28. The first kappa shape index (κ1) is 14.6. The molecule has 20 heavy (non-hydrogen) atoms. The number of aryl methyl sites for hydroxylation is 2. The van der Waals surface area contributed by atoms with Gasteiger partial charge in [0.05, 0.1) is 0 Å². The fourth-order valence-electron chi connectivity index (χ4n) is 2.37. The van der Waals surface area contributed by atoms with E-state index >= 15 is 0 Å². The Kier molecular flexibility index (Phi) is 5.63. The zero-order valence-corrected chi connectivity index (χ0v) is 12.2. The van der Waals surface area contributed by atoms with Gasteiger partial charge in [0.15, 0.2) is 0 Å². The molecule has 105 valence electrons. The van der Waals surface area contributed by atoms with Crippen LogP contribution in [0.15, 0.2) is 48.5 Å². The summed E-state index contributed by atoms with van der Waals surface area (Å²) in [5, 5.41) is 0. The van der Waals surface area contributed by atoms with Gasteiger partial charge in [0.25, 0.3) is 0 Å². The van der Waals surface area contributed by atoms with Crippen LogP contribution >= 0.6 is 0 Å². The van der Waals surface area contributed by atoms with Crippen molar-refractivity contribution in [3.05, 3.63) is 65.7 Å². The molecule has 0 fully saturated rings. The van der Waals surface area contributed by atoms with Crippen LogP contribution in [0.2, 0.25) is 0 Å². The summed E-state index contributed by atoms with van der Waals surface area (Å²) in [7, 11) is 0. The monoisotopic (exact) mass is 267 g/mol. The van der Waals surface area contributed by atoms with E-state index < -0.39 is 0 Å². The average Bonchev–Trinajstić information content (AvgIpc) is 2.52. The number of likely N-dealkylation sites (N-methyl/N-ethyl adjacent to an activating group) is 1. The van der Waals surface area contributed by atoms with Gasteiger partial charge < -0.3 is 10.6 Å². The van der Waals surface area contributed by atoms with E-state index in [1.165, 1.54) is 16.8 Å². The first-order chi connectivity index (χ1) is 9.83. The van der Waals surface area contributed by atoms with Crippen LogP contribution < -0.4 is 10.6 Å². The van der Waals surface area contributed by atoms with Gasteiger partial charge in [-0.1, -0.05) is 36.4 Å². The van der Waals surface area contributed by atoms with E-state index in [0.29, 0.717) is 6.54 Å². The Morgan fingerprint density at radius 2 is 1.80 bits per heavy atom. The number of rotatable bonds is 7. The number of hydrogen-bond donors (Lipinski definition) is 1. The Morgan fingerprint density at radius 3 is 2.40 bits per heavy atom. The van der Waals surface area contributed by atoms with E-state index in [1.807, 2.05) is 12.1 Å². The Morgan fingerprint density at radius 1 is 1.05 bits per heavy atom. The summed E-state index contributed by atoms with van der Waals surface area (Å²) in [4.78, 5) is 2.30. The van der Waals surface area contributed by atoms with E-state index in [1.54, 1.807) is 0 Å². The van der Waals surface area contributed by atoms with Crippen molar-refractivity contribution in [2.75, 3.05) is 24.5 Å². The van der Waals surface area contributed by atoms with Gasteiger partial charge in [0.1, 0.15) is 0 Å². The maximum Gasteiger partial charge on any atom is 0.0366 e. The summed E-state index contributed by atoms with van der Waals surface area (Å²) in [6.07, 6.45) is 2.14. The zero-order chi connectivity index (χ0) is 14.2. The minimum atomic E-state index is 0.695. The van der Waals surface area contributed by atoms with Gasteiger partial charge >= 0.3 is 0 Å². The van der Waals surface area contributed by atoms with E-state index in [2.05, 4.69) is 54.3 Å². The summed E-state index contributed by atoms with van der Waals surface area (Å²) in [5.74, 6) is 0. The molecule has 0 aromatic heterocycles. The molecule has 2 nitrogen and oxygen atoms in total. The molecule has 0 saturated heterocycles. The average molecular weight is 267 g/mol. The highest BCUT2D eigenvalue weighted by Gasteiger charge is 2.03. The topological polar surface area (TPSA) is 29.3 Å². The van der Waals surface area contributed by atoms with Crippen molar-refractivity contribution in [1.29, 1.82) is 0 Å². The van der Waals surface area contributed by atoms with Gasteiger partial charge in [-0.05, 0) is 49.1 Å². The quantitative estimate of drug-likeness (QED) is 0.835. The number of nitrogens with zero attached hydrogens (tertiary/aromatic N) is 1. The zero-order valence-electron chi connectivity index (χ0n) is 12.2. The lowest BCUT2D eigenvalue weighted by molar-refractivity contribution is 0.816. The Balaban J connectivity index is 1.94. The third-order valence-corrected chi connectivity index (χ3v) is 3.56. The van der Waals surface area contributed by atoms with Crippen LogP contribution in [0, 0.1) is 6.07 Å². The third kappa shape index (κ3) is 4.10. The summed E-state index contributed by atoms with van der Waals surface area (Å²) < 4.78 is 0. The van der Waals surface area contributed by atoms with Gasteiger partial charge in [-0.15, -0.1) is 0 Å². The van der Waals surface area contributed by atoms with Crippen molar-refractivity contribution in [2.24, 2.45) is 5.73 Å². The fourth-order valence-corrected chi connectivity index (χ4v) is 2.37. The molecule has 0 saturated carbocycles. The van der Waals surface area contributed by atoms with Crippen molar-refractivity contribution in [3.8, 4) is 0 Å². The van der Waals surface area contributed by atoms with E-state index in [-0.39, 0.29) is 0 Å². The molecule has 2 aromatic rings. The third-order valence-electron chi connectivity index (χ3n) is 3.56. The predicted octanol–water partition coefficient (Wildman–Crippen LogP) is 3.06. The Labute approximate surface area is 122 Å². The first-order valence-electron chi connectivity index (χ1n) is 7.32. The van der Waals surface area contributed by atoms with Crippen LogP contribution in [0.25, 0.3) is 0 Å². The molecular weight excluding hydrogens is 244 g/mol. The molecule has 0 unspecified atom stereocenters. The van der Waals surface area contributed by atoms with Crippen molar-refractivity contribution >= 4 is 5.69 Å². The number of hydrogen-bond acceptors (Lipinski definition) is 2. The van der Waals surface area contributed by atoms with Gasteiger partial charge in [-0.2, -0.15) is 0 Å². The lowest BCUT2D eigenvalue weighted by atomic mass is 10.0. The van der Waals surface area contributed by atoms with Crippen molar-refractivity contribution in [2.45, 2.75) is 19.8 Å². The molecule has 0 heterocycles. The summed E-state index contributed by atoms with van der Waals surface area (Å²) in [5.41, 5.74) is 9.62. The molecule has 1 radical (unpaired) electrons. The van der Waals surface area contributed by atoms with E-state index in [9.17, 15) is 0 Å². The molecule has 2 heteroatoms. The van der Waals surface area contributed by atoms with Crippen LogP contribution in [0.3, 0.4) is 0 Å². The summed E-state index contributed by atoms with van der Waals surface area (Å²) in [6.45, 7) is 4.77. The molecule has 0 amide bonds. The highest BCUT2D eigenvalue weighted by Crippen LogP contribution is 2.16. The second-order valence-corrected chi connectivity index (χ2v) is 4.95. The highest BCUT2D eigenvalue weighted by atomic mass is 15.1. The standard InChI is InChI=1S/C18H23N2/c1-2-20(15-14-19)18-12-10-17(11-13-18)9-8-16-6-4-3-5-7-16/h3-4,6-7,10-13H,2,8-9,14-15,19H2,1H3. The maximum atomic E-state index is 5.64. The van der Waals surface area contributed by atoms with Gasteiger partial charge in [0, 0.05) is 25.3 Å². The molecule has 0 atom stereocenters. The van der Waals surface area contributed by atoms with Gasteiger partial charge in [0.2, 0.25) is 0 Å². The summed E-state index contributed by atoms with van der Waals surface area (Å²) in [6, 6.07) is 20.2. The van der Waals surface area contributed by atoms with Crippen LogP contribution in [0.4, 0.5) is 5.69 Å². The van der Waals surface area contributed by atoms with Crippen molar-refractivity contribution < 1.29 is 0 Å². The molecule has 0 aliphatic heterocycles. The Bertz CT molecular complexity index is 491. The first-order valence-corrected chi connectivity index (χ1v) is 7.32. The maximum absolute atomic E-state index is 5.64. The second kappa shape index (κ2) is 7.71. The second-order valence-electron chi connectivity index (χ2n) is 4.95. The number of anilines is 1. The van der Waals surface area contributed by atoms with Gasteiger partial charge in [-0.25, -0.2) is 0 Å².